The summed E-state index contributed by atoms with van der Waals surface area (Å²) >= 11 is 3.27. The topological polar surface area (TPSA) is 72.7 Å². The molecular formula is C18H14BrN3O. The highest BCUT2D eigenvalue weighted by Gasteiger charge is 2.09. The smallest absolute Gasteiger partial charge is 0.149 e. The Bertz CT molecular complexity index is 941. The first-order valence-electron chi connectivity index (χ1n) is 7.05. The minimum Gasteiger partial charge on any atom is -0.507 e. The van der Waals surface area contributed by atoms with Gasteiger partial charge in [-0.05, 0) is 76.8 Å². The Labute approximate surface area is 142 Å². The molecule has 4 nitrogen and oxygen atoms in total. The van der Waals surface area contributed by atoms with Gasteiger partial charge in [0.15, 0.2) is 0 Å². The van der Waals surface area contributed by atoms with Gasteiger partial charge in [-0.3, -0.25) is 0 Å². The highest BCUT2D eigenvalue weighted by atomic mass is 79.9. The summed E-state index contributed by atoms with van der Waals surface area (Å²) in [7, 11) is 0. The van der Waals surface area contributed by atoms with E-state index in [2.05, 4.69) is 32.0 Å². The van der Waals surface area contributed by atoms with Crippen LogP contribution in [0.5, 0.6) is 5.75 Å². The molecule has 3 rings (SSSR count). The number of phenols is 1. The summed E-state index contributed by atoms with van der Waals surface area (Å²) in [6.07, 6.45) is 1.74. The Balaban J connectivity index is 2.08. The number of H-pyrrole nitrogens is 1. The number of hydrogen-bond acceptors (Lipinski definition) is 3. The van der Waals surface area contributed by atoms with Gasteiger partial charge in [0.1, 0.15) is 17.6 Å². The molecule has 2 aromatic carbocycles. The van der Waals surface area contributed by atoms with Gasteiger partial charge in [0, 0.05) is 0 Å². The molecule has 0 fully saturated rings. The van der Waals surface area contributed by atoms with E-state index in [1.54, 1.807) is 24.3 Å². The number of benzene rings is 2. The summed E-state index contributed by atoms with van der Waals surface area (Å²) < 4.78 is 0.583. The van der Waals surface area contributed by atoms with Crippen LogP contribution in [0.1, 0.15) is 22.5 Å². The molecule has 0 atom stereocenters. The van der Waals surface area contributed by atoms with Crippen molar-refractivity contribution in [3.8, 4) is 11.8 Å². The number of nitrogens with one attached hydrogen (secondary N) is 1. The Kier molecular flexibility index (Phi) is 3.93. The van der Waals surface area contributed by atoms with Crippen LogP contribution in [0.3, 0.4) is 0 Å². The fourth-order valence-electron chi connectivity index (χ4n) is 2.33. The molecule has 0 unspecified atom stereocenters. The number of nitrogens with zero attached hydrogens (tertiary/aromatic N) is 2. The van der Waals surface area contributed by atoms with E-state index in [0.29, 0.717) is 15.9 Å². The average molecular weight is 368 g/mol. The minimum atomic E-state index is 0.162. The number of allylic oxidation sites excluding steroid dienone is 1. The number of imidazole rings is 1. The zero-order valence-corrected chi connectivity index (χ0v) is 14.3. The van der Waals surface area contributed by atoms with Crippen LogP contribution in [-0.4, -0.2) is 15.1 Å². The monoisotopic (exact) mass is 367 g/mol. The standard InChI is InChI=1S/C18H14BrN3O/c1-10-5-15-16(6-11(10)2)22-18(21-15)13(9-20)7-12-3-4-17(23)14(19)8-12/h3-8,23H,1-2H3,(H,21,22)/b13-7+. The van der Waals surface area contributed by atoms with E-state index in [1.165, 1.54) is 11.1 Å². The Morgan fingerprint density at radius 1 is 1.26 bits per heavy atom. The first-order valence-corrected chi connectivity index (χ1v) is 7.85. The van der Waals surface area contributed by atoms with E-state index in [4.69, 9.17) is 0 Å². The number of rotatable bonds is 2. The second-order valence-corrected chi connectivity index (χ2v) is 6.27. The molecule has 1 aromatic heterocycles. The summed E-state index contributed by atoms with van der Waals surface area (Å²) in [5.74, 6) is 0.701. The van der Waals surface area contributed by atoms with Crippen molar-refractivity contribution in [1.82, 2.24) is 9.97 Å². The number of aromatic hydroxyl groups is 1. The molecule has 0 aliphatic rings. The maximum atomic E-state index is 9.55. The molecule has 3 aromatic rings. The van der Waals surface area contributed by atoms with E-state index in [0.717, 1.165) is 16.6 Å². The van der Waals surface area contributed by atoms with E-state index in [1.807, 2.05) is 26.0 Å². The lowest BCUT2D eigenvalue weighted by Crippen LogP contribution is -1.85. The molecule has 5 heteroatoms. The lowest BCUT2D eigenvalue weighted by atomic mass is 10.1. The van der Waals surface area contributed by atoms with Crippen molar-refractivity contribution < 1.29 is 5.11 Å². The van der Waals surface area contributed by atoms with E-state index < -0.39 is 0 Å². The Hall–Kier alpha value is -2.58. The van der Waals surface area contributed by atoms with Crippen molar-refractivity contribution in [2.75, 3.05) is 0 Å². The van der Waals surface area contributed by atoms with Crippen molar-refractivity contribution in [3.63, 3.8) is 0 Å². The van der Waals surface area contributed by atoms with Crippen LogP contribution in [0, 0.1) is 25.2 Å². The van der Waals surface area contributed by atoms with Gasteiger partial charge in [0.05, 0.1) is 21.1 Å². The van der Waals surface area contributed by atoms with Crippen molar-refractivity contribution in [3.05, 3.63) is 57.3 Å². The van der Waals surface area contributed by atoms with E-state index in [9.17, 15) is 10.4 Å². The van der Waals surface area contributed by atoms with Gasteiger partial charge in [-0.15, -0.1) is 0 Å². The van der Waals surface area contributed by atoms with E-state index >= 15 is 0 Å². The number of aryl methyl sites for hydroxylation is 2. The fraction of sp³-hybridized carbons (Fsp3) is 0.111. The molecule has 0 amide bonds. The largest absolute Gasteiger partial charge is 0.507 e. The molecule has 0 spiro atoms. The first-order chi connectivity index (χ1) is 11.0. The lowest BCUT2D eigenvalue weighted by molar-refractivity contribution is 0.472. The van der Waals surface area contributed by atoms with Crippen LogP contribution in [0.2, 0.25) is 0 Å². The summed E-state index contributed by atoms with van der Waals surface area (Å²) in [6, 6.07) is 11.3. The quantitative estimate of drug-likeness (QED) is 0.644. The second kappa shape index (κ2) is 5.90. The van der Waals surface area contributed by atoms with Crippen molar-refractivity contribution in [2.24, 2.45) is 0 Å². The third kappa shape index (κ3) is 2.99. The SMILES string of the molecule is Cc1cc2nc(/C(C#N)=C/c3ccc(O)c(Br)c3)[nH]c2cc1C. The highest BCUT2D eigenvalue weighted by Crippen LogP contribution is 2.27. The van der Waals surface area contributed by atoms with Crippen molar-refractivity contribution >= 4 is 38.6 Å². The predicted octanol–water partition coefficient (Wildman–Crippen LogP) is 4.71. The van der Waals surface area contributed by atoms with Crippen LogP contribution < -0.4 is 0 Å². The third-order valence-corrected chi connectivity index (χ3v) is 4.39. The lowest BCUT2D eigenvalue weighted by Gasteiger charge is -1.99. The fourth-order valence-corrected chi connectivity index (χ4v) is 2.73. The number of fused-ring (bicyclic) bond motifs is 1. The second-order valence-electron chi connectivity index (χ2n) is 5.42. The van der Waals surface area contributed by atoms with Crippen LogP contribution >= 0.6 is 15.9 Å². The van der Waals surface area contributed by atoms with Gasteiger partial charge in [-0.2, -0.15) is 5.26 Å². The molecule has 114 valence electrons. The highest BCUT2D eigenvalue weighted by molar-refractivity contribution is 9.10. The average Bonchev–Trinajstić information content (AvgIpc) is 2.91. The molecule has 0 bridgehead atoms. The zero-order chi connectivity index (χ0) is 16.6. The van der Waals surface area contributed by atoms with Gasteiger partial charge in [0.2, 0.25) is 0 Å². The van der Waals surface area contributed by atoms with Crippen LogP contribution in [0.4, 0.5) is 0 Å². The summed E-state index contributed by atoms with van der Waals surface area (Å²) in [5, 5.41) is 19.0. The Morgan fingerprint density at radius 3 is 2.70 bits per heavy atom. The van der Waals surface area contributed by atoms with Gasteiger partial charge in [-0.1, -0.05) is 6.07 Å². The third-order valence-electron chi connectivity index (χ3n) is 3.76. The maximum Gasteiger partial charge on any atom is 0.149 e. The van der Waals surface area contributed by atoms with Crippen molar-refractivity contribution in [1.29, 1.82) is 5.26 Å². The molecule has 0 saturated heterocycles. The van der Waals surface area contributed by atoms with E-state index in [-0.39, 0.29) is 5.75 Å². The minimum absolute atomic E-state index is 0.162. The summed E-state index contributed by atoms with van der Waals surface area (Å²) in [5.41, 5.74) is 5.35. The molecule has 0 radical (unpaired) electrons. The van der Waals surface area contributed by atoms with Crippen LogP contribution in [0.15, 0.2) is 34.8 Å². The van der Waals surface area contributed by atoms with Gasteiger partial charge < -0.3 is 10.1 Å². The first kappa shape index (κ1) is 15.3. The molecular weight excluding hydrogens is 354 g/mol. The normalized spacial score (nSPS) is 11.7. The van der Waals surface area contributed by atoms with Crippen molar-refractivity contribution in [2.45, 2.75) is 13.8 Å². The van der Waals surface area contributed by atoms with Gasteiger partial charge >= 0.3 is 0 Å². The predicted molar refractivity (Wildman–Crippen MR) is 94.9 cm³/mol. The van der Waals surface area contributed by atoms with Gasteiger partial charge in [-0.25, -0.2) is 4.98 Å². The van der Waals surface area contributed by atoms with Crippen LogP contribution in [-0.2, 0) is 0 Å². The molecule has 0 aliphatic carbocycles. The molecule has 1 heterocycles. The van der Waals surface area contributed by atoms with Gasteiger partial charge in [0.25, 0.3) is 0 Å². The zero-order valence-electron chi connectivity index (χ0n) is 12.7. The molecule has 0 aliphatic heterocycles. The summed E-state index contributed by atoms with van der Waals surface area (Å²) in [6.45, 7) is 4.09. The molecule has 2 N–H and O–H groups in total. The summed E-state index contributed by atoms with van der Waals surface area (Å²) in [4.78, 5) is 7.71. The van der Waals surface area contributed by atoms with Crippen LogP contribution in [0.25, 0.3) is 22.7 Å². The maximum absolute atomic E-state index is 9.55. The molecule has 23 heavy (non-hydrogen) atoms. The number of nitriles is 1. The molecule has 0 saturated carbocycles. The number of aromatic amines is 1. The number of hydrogen-bond donors (Lipinski definition) is 2. The number of phenolic OH excluding ortho intramolecular Hbond substituents is 1. The number of aromatic nitrogens is 2. The number of halogens is 1. The Morgan fingerprint density at radius 2 is 2.00 bits per heavy atom.